The van der Waals surface area contributed by atoms with Crippen LogP contribution in [0.15, 0.2) is 60.8 Å². The lowest BCUT2D eigenvalue weighted by Crippen LogP contribution is -2.20. The first-order valence-electron chi connectivity index (χ1n) is 7.65. The third kappa shape index (κ3) is 4.84. The number of amides is 2. The molecule has 3 rings (SSSR count). The van der Waals surface area contributed by atoms with E-state index in [1.807, 2.05) is 0 Å². The predicted molar refractivity (Wildman–Crippen MR) is 102 cm³/mol. The van der Waals surface area contributed by atoms with E-state index >= 15 is 0 Å². The van der Waals surface area contributed by atoms with Gasteiger partial charge in [0.25, 0.3) is 5.91 Å². The third-order valence-electron chi connectivity index (χ3n) is 3.37. The van der Waals surface area contributed by atoms with Crippen LogP contribution in [0.2, 0.25) is 10.0 Å². The molecule has 3 aromatic rings. The number of carbonyl (C=O) groups is 2. The summed E-state index contributed by atoms with van der Waals surface area (Å²) in [6.45, 7) is -0.0308. The highest BCUT2D eigenvalue weighted by Crippen LogP contribution is 2.16. The normalized spacial score (nSPS) is 10.4. The fraction of sp³-hybridized carbons (Fsp3) is 0.0556. The Morgan fingerprint density at radius 3 is 2.15 bits per heavy atom. The number of benzene rings is 2. The predicted octanol–water partition coefficient (Wildman–Crippen LogP) is 4.08. The lowest BCUT2D eigenvalue weighted by molar-refractivity contribution is -0.116. The Labute approximate surface area is 159 Å². The second-order valence-corrected chi connectivity index (χ2v) is 6.29. The molecule has 8 heteroatoms. The van der Waals surface area contributed by atoms with Gasteiger partial charge >= 0.3 is 0 Å². The standard InChI is InChI=1S/C18H14Cl2N4O2/c19-12-3-1-5-14(9-12)21-17(25)11-24-8-7-16(23-24)18(26)22-15-6-2-4-13(20)10-15/h1-10H,11H2,(H,21,25)(H,22,26). The molecule has 0 spiro atoms. The quantitative estimate of drug-likeness (QED) is 0.691. The maximum Gasteiger partial charge on any atom is 0.276 e. The fourth-order valence-electron chi connectivity index (χ4n) is 2.25. The number of carbonyl (C=O) groups excluding carboxylic acids is 2. The van der Waals surface area contributed by atoms with Crippen molar-refractivity contribution < 1.29 is 9.59 Å². The second kappa shape index (κ2) is 8.03. The summed E-state index contributed by atoms with van der Waals surface area (Å²) in [5.41, 5.74) is 1.35. The Kier molecular flexibility index (Phi) is 5.55. The Bertz CT molecular complexity index is 956. The topological polar surface area (TPSA) is 76.0 Å². The molecule has 0 atom stereocenters. The molecular weight excluding hydrogens is 375 g/mol. The maximum absolute atomic E-state index is 12.2. The molecule has 26 heavy (non-hydrogen) atoms. The summed E-state index contributed by atoms with van der Waals surface area (Å²) in [5.74, 6) is -0.668. The van der Waals surface area contributed by atoms with Crippen molar-refractivity contribution in [3.63, 3.8) is 0 Å². The van der Waals surface area contributed by atoms with Crippen LogP contribution in [0.3, 0.4) is 0 Å². The second-order valence-electron chi connectivity index (χ2n) is 5.42. The van der Waals surface area contributed by atoms with Crippen molar-refractivity contribution in [2.45, 2.75) is 6.54 Å². The zero-order valence-electron chi connectivity index (χ0n) is 13.4. The molecule has 0 aliphatic carbocycles. The van der Waals surface area contributed by atoms with Gasteiger partial charge in [0.15, 0.2) is 5.69 Å². The van der Waals surface area contributed by atoms with Crippen molar-refractivity contribution >= 4 is 46.4 Å². The molecule has 1 aromatic heterocycles. The molecule has 0 aliphatic heterocycles. The molecule has 0 aliphatic rings. The minimum absolute atomic E-state index is 0.0308. The summed E-state index contributed by atoms with van der Waals surface area (Å²) in [4.78, 5) is 24.3. The minimum Gasteiger partial charge on any atom is -0.324 e. The van der Waals surface area contributed by atoms with Gasteiger partial charge in [-0.2, -0.15) is 5.10 Å². The Balaban J connectivity index is 1.60. The van der Waals surface area contributed by atoms with Crippen LogP contribution < -0.4 is 10.6 Å². The summed E-state index contributed by atoms with van der Waals surface area (Å²) < 4.78 is 1.38. The van der Waals surface area contributed by atoms with Crippen LogP contribution in [0, 0.1) is 0 Å². The van der Waals surface area contributed by atoms with Crippen LogP contribution in [0.4, 0.5) is 11.4 Å². The van der Waals surface area contributed by atoms with Crippen molar-refractivity contribution in [1.29, 1.82) is 0 Å². The average molecular weight is 389 g/mol. The number of nitrogens with one attached hydrogen (secondary N) is 2. The van der Waals surface area contributed by atoms with Gasteiger partial charge in [0.2, 0.25) is 5.91 Å². The van der Waals surface area contributed by atoms with Crippen molar-refractivity contribution in [2.75, 3.05) is 10.6 Å². The molecule has 2 N–H and O–H groups in total. The first kappa shape index (κ1) is 18.0. The molecule has 2 amide bonds. The van der Waals surface area contributed by atoms with Gasteiger partial charge in [-0.05, 0) is 42.5 Å². The molecule has 0 saturated carbocycles. The minimum atomic E-state index is -0.388. The van der Waals surface area contributed by atoms with Crippen LogP contribution in [-0.2, 0) is 11.3 Å². The van der Waals surface area contributed by atoms with Gasteiger partial charge in [-0.1, -0.05) is 35.3 Å². The van der Waals surface area contributed by atoms with Crippen molar-refractivity contribution in [2.24, 2.45) is 0 Å². The molecule has 0 radical (unpaired) electrons. The van der Waals surface area contributed by atoms with Gasteiger partial charge in [0, 0.05) is 27.6 Å². The first-order valence-corrected chi connectivity index (χ1v) is 8.41. The van der Waals surface area contributed by atoms with E-state index in [0.717, 1.165) is 0 Å². The number of anilines is 2. The Morgan fingerprint density at radius 2 is 1.54 bits per heavy atom. The highest BCUT2D eigenvalue weighted by Gasteiger charge is 2.12. The van der Waals surface area contributed by atoms with E-state index < -0.39 is 0 Å². The number of hydrogen-bond donors (Lipinski definition) is 2. The highest BCUT2D eigenvalue weighted by molar-refractivity contribution is 6.31. The lowest BCUT2D eigenvalue weighted by atomic mass is 10.3. The van der Waals surface area contributed by atoms with Gasteiger partial charge < -0.3 is 10.6 Å². The summed E-state index contributed by atoms with van der Waals surface area (Å²) >= 11 is 11.8. The molecule has 0 fully saturated rings. The van der Waals surface area contributed by atoms with Gasteiger partial charge in [0.1, 0.15) is 6.54 Å². The van der Waals surface area contributed by atoms with Crippen molar-refractivity contribution in [1.82, 2.24) is 9.78 Å². The summed E-state index contributed by atoms with van der Waals surface area (Å²) in [6, 6.07) is 15.2. The summed E-state index contributed by atoms with van der Waals surface area (Å²) in [7, 11) is 0. The van der Waals surface area contributed by atoms with E-state index in [2.05, 4.69) is 15.7 Å². The SMILES string of the molecule is O=C(Cn1ccc(C(=O)Nc2cccc(Cl)c2)n1)Nc1cccc(Cl)c1. The van der Waals surface area contributed by atoms with E-state index in [9.17, 15) is 9.59 Å². The summed E-state index contributed by atoms with van der Waals surface area (Å²) in [6.07, 6.45) is 1.56. The Morgan fingerprint density at radius 1 is 0.923 bits per heavy atom. The number of aromatic nitrogens is 2. The highest BCUT2D eigenvalue weighted by atomic mass is 35.5. The average Bonchev–Trinajstić information content (AvgIpc) is 3.03. The largest absolute Gasteiger partial charge is 0.324 e. The van der Waals surface area contributed by atoms with Crippen LogP contribution in [0.25, 0.3) is 0 Å². The number of rotatable bonds is 5. The van der Waals surface area contributed by atoms with Gasteiger partial charge in [0.05, 0.1) is 0 Å². The zero-order valence-corrected chi connectivity index (χ0v) is 15.0. The number of nitrogens with zero attached hydrogens (tertiary/aromatic N) is 2. The smallest absolute Gasteiger partial charge is 0.276 e. The molecular formula is C18H14Cl2N4O2. The van der Waals surface area contributed by atoms with Crippen molar-refractivity contribution in [3.05, 3.63) is 76.5 Å². The van der Waals surface area contributed by atoms with Gasteiger partial charge in [-0.15, -0.1) is 0 Å². The van der Waals surface area contributed by atoms with Crippen LogP contribution in [0.5, 0.6) is 0 Å². The first-order chi connectivity index (χ1) is 12.5. The van der Waals surface area contributed by atoms with Crippen molar-refractivity contribution in [3.8, 4) is 0 Å². The van der Waals surface area contributed by atoms with Crippen LogP contribution in [-0.4, -0.2) is 21.6 Å². The molecule has 1 heterocycles. The Hall–Kier alpha value is -2.83. The monoisotopic (exact) mass is 388 g/mol. The number of hydrogen-bond acceptors (Lipinski definition) is 3. The third-order valence-corrected chi connectivity index (χ3v) is 3.84. The fourth-order valence-corrected chi connectivity index (χ4v) is 2.63. The van der Waals surface area contributed by atoms with E-state index in [4.69, 9.17) is 23.2 Å². The molecule has 132 valence electrons. The molecule has 0 saturated heterocycles. The molecule has 0 bridgehead atoms. The van der Waals surface area contributed by atoms with Crippen LogP contribution in [0.1, 0.15) is 10.5 Å². The van der Waals surface area contributed by atoms with E-state index in [1.54, 1.807) is 54.7 Å². The van der Waals surface area contributed by atoms with E-state index in [-0.39, 0.29) is 24.1 Å². The lowest BCUT2D eigenvalue weighted by Gasteiger charge is -2.06. The van der Waals surface area contributed by atoms with E-state index in [0.29, 0.717) is 21.4 Å². The molecule has 0 unspecified atom stereocenters. The van der Waals surface area contributed by atoms with E-state index in [1.165, 1.54) is 10.7 Å². The summed E-state index contributed by atoms with van der Waals surface area (Å²) in [5, 5.41) is 10.6. The molecule has 2 aromatic carbocycles. The maximum atomic E-state index is 12.2. The van der Waals surface area contributed by atoms with Gasteiger partial charge in [-0.3, -0.25) is 14.3 Å². The van der Waals surface area contributed by atoms with Crippen LogP contribution >= 0.6 is 23.2 Å². The molecule has 6 nitrogen and oxygen atoms in total. The number of halogens is 2. The van der Waals surface area contributed by atoms with Gasteiger partial charge in [-0.25, -0.2) is 0 Å². The zero-order chi connectivity index (χ0) is 18.5.